The van der Waals surface area contributed by atoms with Crippen molar-refractivity contribution in [2.24, 2.45) is 0 Å². The summed E-state index contributed by atoms with van der Waals surface area (Å²) >= 11 is 0. The lowest BCUT2D eigenvalue weighted by molar-refractivity contribution is 0.0353. The Kier molecular flexibility index (Phi) is 5.29. The zero-order valence-corrected chi connectivity index (χ0v) is 17.1. The van der Waals surface area contributed by atoms with E-state index in [1.54, 1.807) is 47.4 Å². The molecule has 5 rings (SSSR count). The van der Waals surface area contributed by atoms with E-state index in [4.69, 9.17) is 9.15 Å². The van der Waals surface area contributed by atoms with Crippen molar-refractivity contribution >= 4 is 16.9 Å². The van der Waals surface area contributed by atoms with E-state index in [1.807, 2.05) is 0 Å². The lowest BCUT2D eigenvalue weighted by Crippen LogP contribution is -2.39. The maximum Gasteiger partial charge on any atom is 0.290 e. The number of hydrogen-bond donors (Lipinski definition) is 0. The van der Waals surface area contributed by atoms with Crippen LogP contribution in [0.1, 0.15) is 34.1 Å². The molecule has 160 valence electrons. The fraction of sp³-hybridized carbons (Fsp3) is 0.333. The molecule has 1 atom stereocenters. The minimum Gasteiger partial charge on any atom is -0.450 e. The first-order valence-electron chi connectivity index (χ1n) is 10.6. The van der Waals surface area contributed by atoms with Gasteiger partial charge in [-0.05, 0) is 24.6 Å². The molecular weight excluding hydrogens is 399 g/mol. The lowest BCUT2D eigenvalue weighted by atomic mass is 9.98. The molecule has 7 heteroatoms. The van der Waals surface area contributed by atoms with Crippen molar-refractivity contribution in [2.75, 3.05) is 39.4 Å². The predicted octanol–water partition coefficient (Wildman–Crippen LogP) is 3.20. The second-order valence-corrected chi connectivity index (χ2v) is 7.90. The van der Waals surface area contributed by atoms with Crippen molar-refractivity contribution in [2.45, 2.75) is 12.5 Å². The number of hydrogen-bond acceptors (Lipinski definition) is 5. The summed E-state index contributed by atoms with van der Waals surface area (Å²) in [7, 11) is 0. The summed E-state index contributed by atoms with van der Waals surface area (Å²) in [5.41, 5.74) is 0.611. The van der Waals surface area contributed by atoms with Gasteiger partial charge < -0.3 is 14.1 Å². The van der Waals surface area contributed by atoms with Crippen molar-refractivity contribution < 1.29 is 18.3 Å². The summed E-state index contributed by atoms with van der Waals surface area (Å²) in [6.45, 7) is 4.33. The van der Waals surface area contributed by atoms with Gasteiger partial charge in [-0.1, -0.05) is 30.3 Å². The largest absolute Gasteiger partial charge is 0.450 e. The van der Waals surface area contributed by atoms with E-state index in [9.17, 15) is 14.0 Å². The van der Waals surface area contributed by atoms with Crippen LogP contribution in [0.4, 0.5) is 4.39 Å². The molecule has 3 heterocycles. The van der Waals surface area contributed by atoms with Crippen LogP contribution in [-0.2, 0) is 4.74 Å². The van der Waals surface area contributed by atoms with E-state index in [0.29, 0.717) is 42.7 Å². The first-order chi connectivity index (χ1) is 15.1. The Labute approximate surface area is 178 Å². The molecule has 6 nitrogen and oxygen atoms in total. The Morgan fingerprint density at radius 1 is 0.968 bits per heavy atom. The normalized spacial score (nSPS) is 19.2. The topological polar surface area (TPSA) is 63.0 Å². The Morgan fingerprint density at radius 3 is 2.52 bits per heavy atom. The van der Waals surface area contributed by atoms with Crippen molar-refractivity contribution in [3.8, 4) is 0 Å². The number of rotatable bonds is 5. The third kappa shape index (κ3) is 3.54. The van der Waals surface area contributed by atoms with Gasteiger partial charge >= 0.3 is 0 Å². The molecule has 1 amide bonds. The van der Waals surface area contributed by atoms with E-state index < -0.39 is 11.9 Å². The Balaban J connectivity index is 1.54. The van der Waals surface area contributed by atoms with Crippen LogP contribution in [0.15, 0.2) is 57.7 Å². The number of nitrogens with zero attached hydrogens (tertiary/aromatic N) is 2. The molecule has 1 saturated heterocycles. The summed E-state index contributed by atoms with van der Waals surface area (Å²) < 4.78 is 26.1. The molecule has 0 aliphatic carbocycles. The van der Waals surface area contributed by atoms with Gasteiger partial charge in [0, 0.05) is 31.7 Å². The van der Waals surface area contributed by atoms with Gasteiger partial charge in [-0.15, -0.1) is 0 Å². The van der Waals surface area contributed by atoms with Crippen LogP contribution in [0.25, 0.3) is 11.0 Å². The van der Waals surface area contributed by atoms with Crippen LogP contribution in [0.2, 0.25) is 0 Å². The van der Waals surface area contributed by atoms with Gasteiger partial charge in [0.2, 0.25) is 5.76 Å². The first-order valence-corrected chi connectivity index (χ1v) is 10.6. The van der Waals surface area contributed by atoms with E-state index in [0.717, 1.165) is 19.6 Å². The molecule has 0 saturated carbocycles. The molecule has 2 aliphatic heterocycles. The highest BCUT2D eigenvalue weighted by molar-refractivity contribution is 5.99. The van der Waals surface area contributed by atoms with Gasteiger partial charge in [-0.3, -0.25) is 14.5 Å². The number of benzene rings is 2. The number of para-hydroxylation sites is 1. The molecule has 1 aromatic heterocycles. The SMILES string of the molecule is O=C1c2oc3ccccc3c(=O)c2[C@H](c2ccccc2F)N1CCCN1CCOCC1. The first kappa shape index (κ1) is 19.9. The standard InChI is InChI=1S/C24H23FN2O4/c25-18-8-3-1-6-16(18)21-20-22(28)17-7-2-4-9-19(17)31-23(20)24(29)27(21)11-5-10-26-12-14-30-15-13-26/h1-4,6-9,21H,5,10-15H2/t21-/m0/s1. The van der Waals surface area contributed by atoms with Gasteiger partial charge in [0.15, 0.2) is 5.43 Å². The summed E-state index contributed by atoms with van der Waals surface area (Å²) in [4.78, 5) is 30.5. The van der Waals surface area contributed by atoms with Crippen molar-refractivity contribution in [1.29, 1.82) is 0 Å². The smallest absolute Gasteiger partial charge is 0.290 e. The summed E-state index contributed by atoms with van der Waals surface area (Å²) in [5, 5.41) is 0.394. The molecule has 2 aliphatic rings. The van der Waals surface area contributed by atoms with Crippen molar-refractivity contribution in [1.82, 2.24) is 9.80 Å². The second-order valence-electron chi connectivity index (χ2n) is 7.90. The zero-order valence-electron chi connectivity index (χ0n) is 17.1. The molecule has 0 radical (unpaired) electrons. The molecule has 0 spiro atoms. The van der Waals surface area contributed by atoms with Crippen molar-refractivity contribution in [3.63, 3.8) is 0 Å². The second kappa shape index (κ2) is 8.24. The Morgan fingerprint density at radius 2 is 1.71 bits per heavy atom. The van der Waals surface area contributed by atoms with Crippen molar-refractivity contribution in [3.05, 3.63) is 81.5 Å². The minimum atomic E-state index is -0.797. The van der Waals surface area contributed by atoms with E-state index in [1.165, 1.54) is 6.07 Å². The quantitative estimate of drug-likeness (QED) is 0.632. The third-order valence-electron chi connectivity index (χ3n) is 6.05. The van der Waals surface area contributed by atoms with Crippen LogP contribution < -0.4 is 5.43 Å². The molecule has 0 N–H and O–H groups in total. The number of carbonyl (C=O) groups is 1. The third-order valence-corrected chi connectivity index (χ3v) is 6.05. The van der Waals surface area contributed by atoms with Gasteiger partial charge in [0.05, 0.1) is 30.2 Å². The minimum absolute atomic E-state index is 0.0170. The highest BCUT2D eigenvalue weighted by Crippen LogP contribution is 2.39. The lowest BCUT2D eigenvalue weighted by Gasteiger charge is -2.29. The van der Waals surface area contributed by atoms with Crippen LogP contribution >= 0.6 is 0 Å². The zero-order chi connectivity index (χ0) is 21.4. The summed E-state index contributed by atoms with van der Waals surface area (Å²) in [6, 6.07) is 12.4. The highest BCUT2D eigenvalue weighted by atomic mass is 19.1. The Hall–Kier alpha value is -3.03. The van der Waals surface area contributed by atoms with Crippen LogP contribution in [-0.4, -0.2) is 55.1 Å². The summed E-state index contributed by atoms with van der Waals surface area (Å²) in [6.07, 6.45) is 0.707. The highest BCUT2D eigenvalue weighted by Gasteiger charge is 2.43. The van der Waals surface area contributed by atoms with Gasteiger partial charge in [0.25, 0.3) is 5.91 Å². The average Bonchev–Trinajstić information content (AvgIpc) is 3.07. The molecule has 0 bridgehead atoms. The fourth-order valence-corrected chi connectivity index (χ4v) is 4.51. The van der Waals surface area contributed by atoms with Gasteiger partial charge in [-0.2, -0.15) is 0 Å². The number of fused-ring (bicyclic) bond motifs is 2. The number of morpholine rings is 1. The average molecular weight is 422 g/mol. The fourth-order valence-electron chi connectivity index (χ4n) is 4.51. The van der Waals surface area contributed by atoms with E-state index >= 15 is 0 Å². The number of amides is 1. The monoisotopic (exact) mass is 422 g/mol. The molecule has 2 aromatic carbocycles. The molecule has 0 unspecified atom stereocenters. The molecular formula is C24H23FN2O4. The van der Waals surface area contributed by atoms with Gasteiger partial charge in [-0.25, -0.2) is 4.39 Å². The van der Waals surface area contributed by atoms with E-state index in [2.05, 4.69) is 4.90 Å². The van der Waals surface area contributed by atoms with Gasteiger partial charge in [0.1, 0.15) is 11.4 Å². The number of halogens is 1. The predicted molar refractivity (Wildman–Crippen MR) is 114 cm³/mol. The Bertz CT molecular complexity index is 1190. The number of ether oxygens (including phenoxy) is 1. The van der Waals surface area contributed by atoms with Crippen LogP contribution in [0, 0.1) is 5.82 Å². The maximum atomic E-state index is 14.8. The molecule has 1 fully saturated rings. The maximum absolute atomic E-state index is 14.8. The van der Waals surface area contributed by atoms with E-state index in [-0.39, 0.29) is 22.7 Å². The van der Waals surface area contributed by atoms with Crippen LogP contribution in [0.5, 0.6) is 0 Å². The molecule has 3 aromatic rings. The molecule has 31 heavy (non-hydrogen) atoms. The number of carbonyl (C=O) groups excluding carboxylic acids is 1. The van der Waals surface area contributed by atoms with Crippen LogP contribution in [0.3, 0.4) is 0 Å². The summed E-state index contributed by atoms with van der Waals surface area (Å²) in [5.74, 6) is -0.796.